The Kier molecular flexibility index (Phi) is 4.13. The van der Waals surface area contributed by atoms with E-state index in [0.29, 0.717) is 0 Å². The van der Waals surface area contributed by atoms with E-state index in [4.69, 9.17) is 0 Å². The van der Waals surface area contributed by atoms with E-state index in [9.17, 15) is 4.79 Å². The van der Waals surface area contributed by atoms with Gasteiger partial charge in [-0.05, 0) is 25.0 Å². The van der Waals surface area contributed by atoms with Crippen LogP contribution in [0, 0.1) is 6.92 Å². The van der Waals surface area contributed by atoms with Crippen molar-refractivity contribution in [1.82, 2.24) is 14.9 Å². The number of aromatic nitrogens is 2. The molecule has 3 aromatic rings. The lowest BCUT2D eigenvalue weighted by molar-refractivity contribution is -0.127. The van der Waals surface area contributed by atoms with Crippen LogP contribution >= 0.6 is 11.3 Å². The monoisotopic (exact) mass is 352 g/mol. The summed E-state index contributed by atoms with van der Waals surface area (Å²) in [5.41, 5.74) is 1.19. The lowest BCUT2D eigenvalue weighted by Gasteiger charge is -2.16. The van der Waals surface area contributed by atoms with Gasteiger partial charge in [0.05, 0.1) is 5.39 Å². The SMILES string of the molecule is CC(=O)N1CC[C@@H](Nc2nc(C)nc3sc(-c4ccccc4)cc23)C1. The molecule has 1 atom stereocenters. The second-order valence-electron chi connectivity index (χ2n) is 6.41. The molecule has 0 radical (unpaired) electrons. The van der Waals surface area contributed by atoms with Crippen LogP contribution < -0.4 is 5.32 Å². The van der Waals surface area contributed by atoms with E-state index in [1.54, 1.807) is 18.3 Å². The van der Waals surface area contributed by atoms with E-state index in [-0.39, 0.29) is 11.9 Å². The summed E-state index contributed by atoms with van der Waals surface area (Å²) < 4.78 is 0. The first-order chi connectivity index (χ1) is 12.1. The number of thiophene rings is 1. The third-order valence-corrected chi connectivity index (χ3v) is 5.62. The van der Waals surface area contributed by atoms with Gasteiger partial charge in [-0.2, -0.15) is 0 Å². The Morgan fingerprint density at radius 2 is 2.08 bits per heavy atom. The van der Waals surface area contributed by atoms with Crippen molar-refractivity contribution in [1.29, 1.82) is 0 Å². The molecule has 2 aromatic heterocycles. The Bertz CT molecular complexity index is 922. The number of carbonyl (C=O) groups is 1. The molecule has 1 N–H and O–H groups in total. The first-order valence-electron chi connectivity index (χ1n) is 8.46. The summed E-state index contributed by atoms with van der Waals surface area (Å²) in [4.78, 5) is 24.8. The van der Waals surface area contributed by atoms with E-state index < -0.39 is 0 Å². The van der Waals surface area contributed by atoms with Gasteiger partial charge in [0.1, 0.15) is 16.5 Å². The molecule has 4 rings (SSSR count). The molecule has 1 aromatic carbocycles. The second kappa shape index (κ2) is 6.44. The Balaban J connectivity index is 1.67. The average Bonchev–Trinajstić information content (AvgIpc) is 3.22. The number of nitrogens with one attached hydrogen (secondary N) is 1. The normalized spacial score (nSPS) is 17.2. The highest BCUT2D eigenvalue weighted by Crippen LogP contribution is 2.35. The number of carbonyl (C=O) groups excluding carboxylic acids is 1. The maximum absolute atomic E-state index is 11.5. The smallest absolute Gasteiger partial charge is 0.219 e. The fraction of sp³-hybridized carbons (Fsp3) is 0.316. The first kappa shape index (κ1) is 16.0. The van der Waals surface area contributed by atoms with Crippen LogP contribution in [0.15, 0.2) is 36.4 Å². The van der Waals surface area contributed by atoms with Gasteiger partial charge in [-0.3, -0.25) is 4.79 Å². The third kappa shape index (κ3) is 3.22. The number of rotatable bonds is 3. The van der Waals surface area contributed by atoms with E-state index in [1.165, 1.54) is 10.4 Å². The largest absolute Gasteiger partial charge is 0.365 e. The maximum atomic E-state index is 11.5. The van der Waals surface area contributed by atoms with Gasteiger partial charge < -0.3 is 10.2 Å². The van der Waals surface area contributed by atoms with Crippen molar-refractivity contribution in [3.8, 4) is 10.4 Å². The topological polar surface area (TPSA) is 58.1 Å². The van der Waals surface area contributed by atoms with Gasteiger partial charge in [0, 0.05) is 30.9 Å². The lowest BCUT2D eigenvalue weighted by atomic mass is 10.2. The number of nitrogens with zero attached hydrogens (tertiary/aromatic N) is 3. The lowest BCUT2D eigenvalue weighted by Crippen LogP contribution is -2.29. The average molecular weight is 352 g/mol. The minimum Gasteiger partial charge on any atom is -0.365 e. The summed E-state index contributed by atoms with van der Waals surface area (Å²) in [6.45, 7) is 5.08. The van der Waals surface area contributed by atoms with E-state index >= 15 is 0 Å². The molecule has 1 aliphatic heterocycles. The predicted octanol–water partition coefficient (Wildman–Crippen LogP) is 3.70. The molecule has 6 heteroatoms. The summed E-state index contributed by atoms with van der Waals surface area (Å²) in [7, 11) is 0. The molecule has 128 valence electrons. The van der Waals surface area contributed by atoms with Gasteiger partial charge >= 0.3 is 0 Å². The molecule has 1 amide bonds. The minimum atomic E-state index is 0.134. The molecule has 0 unspecified atom stereocenters. The molecular formula is C19H20N4OS. The Morgan fingerprint density at radius 1 is 1.28 bits per heavy atom. The van der Waals surface area contributed by atoms with Crippen LogP contribution in [0.4, 0.5) is 5.82 Å². The van der Waals surface area contributed by atoms with Crippen LogP contribution in [-0.4, -0.2) is 39.9 Å². The van der Waals surface area contributed by atoms with Crippen molar-refractivity contribution in [3.63, 3.8) is 0 Å². The Labute approximate surface area is 150 Å². The zero-order valence-corrected chi connectivity index (χ0v) is 15.1. The van der Waals surface area contributed by atoms with Crippen LogP contribution in [0.5, 0.6) is 0 Å². The third-order valence-electron chi connectivity index (χ3n) is 4.54. The Morgan fingerprint density at radius 3 is 2.80 bits per heavy atom. The summed E-state index contributed by atoms with van der Waals surface area (Å²) >= 11 is 1.69. The number of hydrogen-bond donors (Lipinski definition) is 1. The van der Waals surface area contributed by atoms with Crippen molar-refractivity contribution in [2.75, 3.05) is 18.4 Å². The number of fused-ring (bicyclic) bond motifs is 1. The van der Waals surface area contributed by atoms with E-state index in [2.05, 4.69) is 33.5 Å². The second-order valence-corrected chi connectivity index (χ2v) is 7.44. The molecule has 0 bridgehead atoms. The van der Waals surface area contributed by atoms with Crippen molar-refractivity contribution in [2.45, 2.75) is 26.3 Å². The van der Waals surface area contributed by atoms with Crippen LogP contribution in [0.3, 0.4) is 0 Å². The zero-order valence-electron chi connectivity index (χ0n) is 14.3. The van der Waals surface area contributed by atoms with Gasteiger partial charge in [0.2, 0.25) is 5.91 Å². The van der Waals surface area contributed by atoms with Crippen molar-refractivity contribution in [3.05, 3.63) is 42.2 Å². The molecule has 0 saturated carbocycles. The highest BCUT2D eigenvalue weighted by atomic mass is 32.1. The van der Waals surface area contributed by atoms with Crippen LogP contribution in [0.25, 0.3) is 20.7 Å². The predicted molar refractivity (Wildman–Crippen MR) is 102 cm³/mol. The molecule has 0 aliphatic carbocycles. The summed E-state index contributed by atoms with van der Waals surface area (Å²) in [5.74, 6) is 1.77. The molecule has 1 aliphatic rings. The molecular weight excluding hydrogens is 332 g/mol. The van der Waals surface area contributed by atoms with Crippen LogP contribution in [-0.2, 0) is 4.79 Å². The number of aryl methyl sites for hydroxylation is 1. The number of likely N-dealkylation sites (tertiary alicyclic amines) is 1. The van der Waals surface area contributed by atoms with Gasteiger partial charge in [-0.1, -0.05) is 30.3 Å². The minimum absolute atomic E-state index is 0.134. The number of hydrogen-bond acceptors (Lipinski definition) is 5. The molecule has 5 nitrogen and oxygen atoms in total. The van der Waals surface area contributed by atoms with Gasteiger partial charge in [0.15, 0.2) is 0 Å². The maximum Gasteiger partial charge on any atom is 0.219 e. The van der Waals surface area contributed by atoms with Crippen molar-refractivity contribution >= 4 is 33.3 Å². The number of amides is 1. The summed E-state index contributed by atoms with van der Waals surface area (Å²) in [5, 5.41) is 4.59. The highest BCUT2D eigenvalue weighted by molar-refractivity contribution is 7.21. The standard InChI is InChI=1S/C19H20N4OS/c1-12-20-18(22-15-8-9-23(11-15)13(2)24)16-10-17(25-19(16)21-12)14-6-4-3-5-7-14/h3-7,10,15H,8-9,11H2,1-2H3,(H,20,21,22)/t15-/m1/s1. The first-order valence-corrected chi connectivity index (χ1v) is 9.27. The molecule has 25 heavy (non-hydrogen) atoms. The van der Waals surface area contributed by atoms with Gasteiger partial charge in [-0.15, -0.1) is 11.3 Å². The quantitative estimate of drug-likeness (QED) is 0.781. The molecule has 1 fully saturated rings. The fourth-order valence-corrected chi connectivity index (χ4v) is 4.32. The summed E-state index contributed by atoms with van der Waals surface area (Å²) in [6, 6.07) is 12.7. The van der Waals surface area contributed by atoms with Crippen LogP contribution in [0.1, 0.15) is 19.2 Å². The Hall–Kier alpha value is -2.47. The zero-order chi connectivity index (χ0) is 17.4. The molecule has 0 spiro atoms. The fourth-order valence-electron chi connectivity index (χ4n) is 3.24. The van der Waals surface area contributed by atoms with E-state index in [0.717, 1.165) is 41.4 Å². The van der Waals surface area contributed by atoms with Crippen LogP contribution in [0.2, 0.25) is 0 Å². The summed E-state index contributed by atoms with van der Waals surface area (Å²) in [6.07, 6.45) is 0.944. The van der Waals surface area contributed by atoms with Crippen molar-refractivity contribution in [2.24, 2.45) is 0 Å². The van der Waals surface area contributed by atoms with Gasteiger partial charge in [0.25, 0.3) is 0 Å². The molecule has 3 heterocycles. The number of anilines is 1. The molecule has 1 saturated heterocycles. The van der Waals surface area contributed by atoms with Crippen molar-refractivity contribution < 1.29 is 4.79 Å². The number of benzene rings is 1. The highest BCUT2D eigenvalue weighted by Gasteiger charge is 2.25. The van der Waals surface area contributed by atoms with E-state index in [1.807, 2.05) is 30.0 Å². The van der Waals surface area contributed by atoms with Gasteiger partial charge in [-0.25, -0.2) is 9.97 Å².